The predicted octanol–water partition coefficient (Wildman–Crippen LogP) is 2.63. The third kappa shape index (κ3) is 4.99. The first-order chi connectivity index (χ1) is 13.0. The van der Waals surface area contributed by atoms with Crippen LogP contribution in [0.2, 0.25) is 0 Å². The standard InChI is InChI=1S/C19H25N5O3/c1-4-26-15-7-5-14(6-8-15)21-19(25)24-10-9-16(13-24)27-18-12-20-11-17(22-18)23(2)3/h5-8,11-12,16H,4,9-10,13H2,1-3H3,(H,21,25). The van der Waals surface area contributed by atoms with Crippen LogP contribution in [0.5, 0.6) is 11.6 Å². The van der Waals surface area contributed by atoms with E-state index in [1.54, 1.807) is 17.3 Å². The lowest BCUT2D eigenvalue weighted by molar-refractivity contribution is 0.189. The average Bonchev–Trinajstić information content (AvgIpc) is 3.12. The second-order valence-electron chi connectivity index (χ2n) is 6.47. The third-order valence-electron chi connectivity index (χ3n) is 4.19. The molecule has 2 heterocycles. The number of amides is 2. The number of urea groups is 1. The molecule has 1 aromatic carbocycles. The van der Waals surface area contributed by atoms with E-state index in [-0.39, 0.29) is 12.1 Å². The van der Waals surface area contributed by atoms with Crippen LogP contribution in [-0.2, 0) is 0 Å². The second-order valence-corrected chi connectivity index (χ2v) is 6.47. The van der Waals surface area contributed by atoms with Crippen LogP contribution in [0.15, 0.2) is 36.7 Å². The van der Waals surface area contributed by atoms with Gasteiger partial charge in [-0.05, 0) is 31.2 Å². The third-order valence-corrected chi connectivity index (χ3v) is 4.19. The van der Waals surface area contributed by atoms with Gasteiger partial charge in [0.25, 0.3) is 0 Å². The number of likely N-dealkylation sites (tertiary alicyclic amines) is 1. The molecular formula is C19H25N5O3. The van der Waals surface area contributed by atoms with E-state index >= 15 is 0 Å². The number of carbonyl (C=O) groups is 1. The van der Waals surface area contributed by atoms with Gasteiger partial charge >= 0.3 is 6.03 Å². The highest BCUT2D eigenvalue weighted by atomic mass is 16.5. The molecule has 1 aliphatic heterocycles. The first-order valence-corrected chi connectivity index (χ1v) is 9.00. The number of ether oxygens (including phenoxy) is 2. The first kappa shape index (κ1) is 18.8. The minimum Gasteiger partial charge on any atom is -0.494 e. The fraction of sp³-hybridized carbons (Fsp3) is 0.421. The molecule has 27 heavy (non-hydrogen) atoms. The predicted molar refractivity (Wildman–Crippen MR) is 104 cm³/mol. The second kappa shape index (κ2) is 8.57. The molecule has 1 aromatic heterocycles. The highest BCUT2D eigenvalue weighted by Gasteiger charge is 2.28. The van der Waals surface area contributed by atoms with Crippen LogP contribution in [0.25, 0.3) is 0 Å². The summed E-state index contributed by atoms with van der Waals surface area (Å²) in [5.41, 5.74) is 0.734. The summed E-state index contributed by atoms with van der Waals surface area (Å²) in [6, 6.07) is 7.19. The maximum atomic E-state index is 12.5. The Morgan fingerprint density at radius 1 is 1.30 bits per heavy atom. The molecule has 1 aliphatic rings. The molecule has 1 atom stereocenters. The van der Waals surface area contributed by atoms with Crippen molar-refractivity contribution in [1.29, 1.82) is 0 Å². The van der Waals surface area contributed by atoms with Crippen molar-refractivity contribution in [3.8, 4) is 11.6 Å². The van der Waals surface area contributed by atoms with Crippen LogP contribution in [0, 0.1) is 0 Å². The number of benzene rings is 1. The maximum Gasteiger partial charge on any atom is 0.321 e. The Balaban J connectivity index is 1.52. The van der Waals surface area contributed by atoms with Crippen LogP contribution in [0.1, 0.15) is 13.3 Å². The van der Waals surface area contributed by atoms with E-state index in [4.69, 9.17) is 9.47 Å². The van der Waals surface area contributed by atoms with Gasteiger partial charge in [0.05, 0.1) is 25.5 Å². The van der Waals surface area contributed by atoms with Gasteiger partial charge in [0.1, 0.15) is 11.9 Å². The largest absolute Gasteiger partial charge is 0.494 e. The topological polar surface area (TPSA) is 79.8 Å². The zero-order valence-electron chi connectivity index (χ0n) is 15.9. The molecule has 2 aromatic rings. The Bertz CT molecular complexity index is 766. The molecule has 0 bridgehead atoms. The van der Waals surface area contributed by atoms with Crippen LogP contribution >= 0.6 is 0 Å². The monoisotopic (exact) mass is 371 g/mol. The number of nitrogens with zero attached hydrogens (tertiary/aromatic N) is 4. The average molecular weight is 371 g/mol. The molecule has 1 saturated heterocycles. The number of anilines is 2. The number of carbonyl (C=O) groups excluding carboxylic acids is 1. The lowest BCUT2D eigenvalue weighted by Crippen LogP contribution is -2.34. The van der Waals surface area contributed by atoms with Crippen LogP contribution in [0.3, 0.4) is 0 Å². The zero-order chi connectivity index (χ0) is 19.2. The molecule has 0 radical (unpaired) electrons. The molecule has 1 fully saturated rings. The summed E-state index contributed by atoms with van der Waals surface area (Å²) in [6.45, 7) is 3.69. The van der Waals surface area contributed by atoms with Gasteiger partial charge in [-0.25, -0.2) is 4.79 Å². The van der Waals surface area contributed by atoms with Crippen molar-refractivity contribution in [2.24, 2.45) is 0 Å². The van der Waals surface area contributed by atoms with E-state index in [2.05, 4.69) is 15.3 Å². The van der Waals surface area contributed by atoms with Crippen molar-refractivity contribution < 1.29 is 14.3 Å². The number of hydrogen-bond acceptors (Lipinski definition) is 6. The Kier molecular flexibility index (Phi) is 5.95. The van der Waals surface area contributed by atoms with E-state index < -0.39 is 0 Å². The quantitative estimate of drug-likeness (QED) is 0.841. The number of hydrogen-bond donors (Lipinski definition) is 1. The lowest BCUT2D eigenvalue weighted by Gasteiger charge is -2.18. The Labute approximate surface area is 159 Å². The molecule has 144 valence electrons. The van der Waals surface area contributed by atoms with Crippen LogP contribution < -0.4 is 19.7 Å². The smallest absolute Gasteiger partial charge is 0.321 e. The lowest BCUT2D eigenvalue weighted by atomic mass is 10.3. The zero-order valence-corrected chi connectivity index (χ0v) is 15.9. The van der Waals surface area contributed by atoms with Crippen molar-refractivity contribution in [3.63, 3.8) is 0 Å². The summed E-state index contributed by atoms with van der Waals surface area (Å²) in [5.74, 6) is 1.99. The van der Waals surface area contributed by atoms with Gasteiger partial charge in [0, 0.05) is 32.7 Å². The van der Waals surface area contributed by atoms with Crippen molar-refractivity contribution in [1.82, 2.24) is 14.9 Å². The molecule has 0 aliphatic carbocycles. The van der Waals surface area contributed by atoms with E-state index in [0.717, 1.165) is 23.7 Å². The molecule has 8 heteroatoms. The molecule has 3 rings (SSSR count). The summed E-state index contributed by atoms with van der Waals surface area (Å²) >= 11 is 0. The minimum absolute atomic E-state index is 0.0946. The Morgan fingerprint density at radius 3 is 2.78 bits per heavy atom. The van der Waals surface area contributed by atoms with Crippen LogP contribution in [-0.4, -0.2) is 60.8 Å². The normalized spacial score (nSPS) is 16.1. The molecule has 1 N–H and O–H groups in total. The number of nitrogens with one attached hydrogen (secondary N) is 1. The van der Waals surface area contributed by atoms with Gasteiger partial charge in [-0.15, -0.1) is 0 Å². The van der Waals surface area contributed by atoms with E-state index in [0.29, 0.717) is 25.6 Å². The summed E-state index contributed by atoms with van der Waals surface area (Å²) in [5, 5.41) is 2.90. The fourth-order valence-electron chi connectivity index (χ4n) is 2.79. The van der Waals surface area contributed by atoms with Gasteiger partial charge < -0.3 is 24.6 Å². The SMILES string of the molecule is CCOc1ccc(NC(=O)N2CCC(Oc3cncc(N(C)C)n3)C2)cc1. The fourth-order valence-corrected chi connectivity index (χ4v) is 2.79. The van der Waals surface area contributed by atoms with Crippen molar-refractivity contribution in [3.05, 3.63) is 36.7 Å². The van der Waals surface area contributed by atoms with E-state index in [1.165, 1.54) is 0 Å². The maximum absolute atomic E-state index is 12.5. The Morgan fingerprint density at radius 2 is 2.07 bits per heavy atom. The van der Waals surface area contributed by atoms with Gasteiger partial charge in [-0.2, -0.15) is 4.98 Å². The van der Waals surface area contributed by atoms with Crippen LogP contribution in [0.4, 0.5) is 16.3 Å². The molecule has 0 saturated carbocycles. The molecule has 2 amide bonds. The highest BCUT2D eigenvalue weighted by Crippen LogP contribution is 2.20. The summed E-state index contributed by atoms with van der Waals surface area (Å²) < 4.78 is 11.3. The molecule has 1 unspecified atom stereocenters. The van der Waals surface area contributed by atoms with Gasteiger partial charge in [-0.1, -0.05) is 0 Å². The number of rotatable bonds is 6. The highest BCUT2D eigenvalue weighted by molar-refractivity contribution is 5.89. The van der Waals surface area contributed by atoms with Crippen molar-refractivity contribution in [2.75, 3.05) is 44.0 Å². The molecule has 0 spiro atoms. The van der Waals surface area contributed by atoms with Gasteiger partial charge in [-0.3, -0.25) is 4.98 Å². The summed E-state index contributed by atoms with van der Waals surface area (Å²) in [6.07, 6.45) is 3.93. The molecular weight excluding hydrogens is 346 g/mol. The summed E-state index contributed by atoms with van der Waals surface area (Å²) in [7, 11) is 3.80. The van der Waals surface area contributed by atoms with E-state index in [9.17, 15) is 4.79 Å². The Hall–Kier alpha value is -3.03. The van der Waals surface area contributed by atoms with E-state index in [1.807, 2.05) is 50.2 Å². The molecule has 8 nitrogen and oxygen atoms in total. The summed E-state index contributed by atoms with van der Waals surface area (Å²) in [4.78, 5) is 24.6. The van der Waals surface area contributed by atoms with Crippen molar-refractivity contribution >= 4 is 17.5 Å². The number of aromatic nitrogens is 2. The van der Waals surface area contributed by atoms with Gasteiger partial charge in [0.2, 0.25) is 5.88 Å². The van der Waals surface area contributed by atoms with Crippen molar-refractivity contribution in [2.45, 2.75) is 19.4 Å². The minimum atomic E-state index is -0.140. The van der Waals surface area contributed by atoms with Gasteiger partial charge in [0.15, 0.2) is 5.82 Å². The first-order valence-electron chi connectivity index (χ1n) is 9.00.